The highest BCUT2D eigenvalue weighted by Crippen LogP contribution is 2.40. The summed E-state index contributed by atoms with van der Waals surface area (Å²) in [4.78, 5) is 0. The number of nitrogens with one attached hydrogen (secondary N) is 1. The molecule has 0 saturated carbocycles. The van der Waals surface area contributed by atoms with Crippen molar-refractivity contribution in [2.75, 3.05) is 0 Å². The molecule has 30 heavy (non-hydrogen) atoms. The second-order valence-corrected chi connectivity index (χ2v) is 8.33. The van der Waals surface area contributed by atoms with Gasteiger partial charge in [-0.1, -0.05) is 66.7 Å². The monoisotopic (exact) mass is 409 g/mol. The van der Waals surface area contributed by atoms with E-state index in [9.17, 15) is 0 Å². The molecule has 2 aliphatic rings. The van der Waals surface area contributed by atoms with Crippen LogP contribution in [-0.4, -0.2) is 36.4 Å². The van der Waals surface area contributed by atoms with E-state index < -0.39 is 12.1 Å². The highest BCUT2D eigenvalue weighted by atomic mass is 16.8. The summed E-state index contributed by atoms with van der Waals surface area (Å²) in [6, 6.07) is 20.5. The van der Waals surface area contributed by atoms with Gasteiger partial charge in [0.2, 0.25) is 0 Å². The van der Waals surface area contributed by atoms with Gasteiger partial charge in [0.1, 0.15) is 18.3 Å². The smallest absolute Gasteiger partial charge is 0.190 e. The van der Waals surface area contributed by atoms with Crippen molar-refractivity contribution in [3.8, 4) is 0 Å². The Labute approximate surface area is 179 Å². The van der Waals surface area contributed by atoms with Crippen LogP contribution in [0.15, 0.2) is 73.3 Å². The molecule has 2 aromatic carbocycles. The molecule has 160 valence electrons. The number of ether oxygens (including phenoxy) is 4. The van der Waals surface area contributed by atoms with Gasteiger partial charge in [-0.05, 0) is 31.4 Å². The molecular formula is C25H31NO4. The first-order valence-electron chi connectivity index (χ1n) is 10.6. The second-order valence-electron chi connectivity index (χ2n) is 8.33. The fraction of sp³-hybridized carbons (Fsp3) is 0.440. The molecule has 0 amide bonds. The molecule has 2 fully saturated rings. The van der Waals surface area contributed by atoms with Crippen molar-refractivity contribution in [3.63, 3.8) is 0 Å². The van der Waals surface area contributed by atoms with Gasteiger partial charge in [0.15, 0.2) is 12.1 Å². The van der Waals surface area contributed by atoms with Crippen molar-refractivity contribution in [2.24, 2.45) is 0 Å². The first-order valence-corrected chi connectivity index (χ1v) is 10.6. The average molecular weight is 410 g/mol. The van der Waals surface area contributed by atoms with Crippen LogP contribution in [0.1, 0.15) is 31.4 Å². The fourth-order valence-electron chi connectivity index (χ4n) is 4.14. The third kappa shape index (κ3) is 4.99. The van der Waals surface area contributed by atoms with E-state index >= 15 is 0 Å². The van der Waals surface area contributed by atoms with Crippen LogP contribution in [0.4, 0.5) is 0 Å². The number of hydrogen-bond acceptors (Lipinski definition) is 5. The first-order chi connectivity index (χ1) is 14.6. The Bertz CT molecular complexity index is 810. The van der Waals surface area contributed by atoms with E-state index in [0.29, 0.717) is 6.61 Å². The van der Waals surface area contributed by atoms with Gasteiger partial charge in [0.05, 0.1) is 6.61 Å². The van der Waals surface area contributed by atoms with Crippen LogP contribution in [-0.2, 0) is 32.1 Å². The standard InChI is InChI=1S/C25H31NO4/c1-4-11-20(26-16-18-12-7-5-8-13-18)21-22(27-17-19-14-9-6-10-15-19)23-24(28-21)30-25(2,3)29-23/h4-10,12-15,20-24,26H,1,11,16-17H2,2-3H3/t20-,21+,22-,23+,24+/m0/s1. The molecule has 2 aromatic rings. The zero-order valence-corrected chi connectivity index (χ0v) is 17.7. The third-order valence-electron chi connectivity index (χ3n) is 5.54. The molecule has 4 rings (SSSR count). The molecule has 5 nitrogen and oxygen atoms in total. The highest BCUT2D eigenvalue weighted by molar-refractivity contribution is 5.15. The fourth-order valence-corrected chi connectivity index (χ4v) is 4.14. The molecule has 0 radical (unpaired) electrons. The molecule has 0 spiro atoms. The summed E-state index contributed by atoms with van der Waals surface area (Å²) in [7, 11) is 0. The van der Waals surface area contributed by atoms with Crippen LogP contribution in [0.5, 0.6) is 0 Å². The SMILES string of the molecule is C=CC[C@H](NCc1ccccc1)[C@H]1O[C@@H]2OC(C)(C)O[C@@H]2[C@H]1OCc1ccccc1. The van der Waals surface area contributed by atoms with E-state index in [0.717, 1.165) is 18.5 Å². The van der Waals surface area contributed by atoms with Crippen molar-refractivity contribution >= 4 is 0 Å². The topological polar surface area (TPSA) is 49.0 Å². The predicted molar refractivity (Wildman–Crippen MR) is 116 cm³/mol. The quantitative estimate of drug-likeness (QED) is 0.630. The van der Waals surface area contributed by atoms with Crippen LogP contribution in [0.25, 0.3) is 0 Å². The molecule has 0 aromatic heterocycles. The van der Waals surface area contributed by atoms with Crippen LogP contribution in [0.2, 0.25) is 0 Å². The van der Waals surface area contributed by atoms with Gasteiger partial charge in [-0.15, -0.1) is 6.58 Å². The van der Waals surface area contributed by atoms with Gasteiger partial charge in [0.25, 0.3) is 0 Å². The Morgan fingerprint density at radius 3 is 2.37 bits per heavy atom. The van der Waals surface area contributed by atoms with E-state index in [4.69, 9.17) is 18.9 Å². The third-order valence-corrected chi connectivity index (χ3v) is 5.54. The van der Waals surface area contributed by atoms with E-state index in [1.54, 1.807) is 0 Å². The summed E-state index contributed by atoms with van der Waals surface area (Å²) in [5, 5.41) is 3.63. The second kappa shape index (κ2) is 9.41. The van der Waals surface area contributed by atoms with Crippen LogP contribution < -0.4 is 5.32 Å². The van der Waals surface area contributed by atoms with Crippen molar-refractivity contribution in [2.45, 2.75) is 69.9 Å². The van der Waals surface area contributed by atoms with E-state index in [1.165, 1.54) is 5.56 Å². The molecule has 2 heterocycles. The Morgan fingerprint density at radius 1 is 1.03 bits per heavy atom. The number of hydrogen-bond donors (Lipinski definition) is 1. The first kappa shape index (κ1) is 21.2. The van der Waals surface area contributed by atoms with Gasteiger partial charge in [-0.25, -0.2) is 0 Å². The summed E-state index contributed by atoms with van der Waals surface area (Å²) in [6.45, 7) is 9.00. The van der Waals surface area contributed by atoms with E-state index in [2.05, 4.69) is 36.2 Å². The molecule has 0 bridgehead atoms. The van der Waals surface area contributed by atoms with Gasteiger partial charge in [-0.3, -0.25) is 0 Å². The summed E-state index contributed by atoms with van der Waals surface area (Å²) in [5.41, 5.74) is 2.34. The molecule has 2 aliphatic heterocycles. The van der Waals surface area contributed by atoms with Crippen LogP contribution in [0.3, 0.4) is 0 Å². The van der Waals surface area contributed by atoms with E-state index in [-0.39, 0.29) is 24.4 Å². The zero-order valence-electron chi connectivity index (χ0n) is 17.7. The highest BCUT2D eigenvalue weighted by Gasteiger charge is 2.56. The molecule has 0 unspecified atom stereocenters. The summed E-state index contributed by atoms with van der Waals surface area (Å²) >= 11 is 0. The summed E-state index contributed by atoms with van der Waals surface area (Å²) in [5.74, 6) is -0.680. The zero-order chi connectivity index (χ0) is 21.0. The molecule has 5 atom stereocenters. The van der Waals surface area contributed by atoms with Crippen molar-refractivity contribution in [1.82, 2.24) is 5.32 Å². The Kier molecular flexibility index (Phi) is 6.66. The van der Waals surface area contributed by atoms with Gasteiger partial charge in [-0.2, -0.15) is 0 Å². The lowest BCUT2D eigenvalue weighted by Crippen LogP contribution is -2.48. The summed E-state index contributed by atoms with van der Waals surface area (Å²) in [6.07, 6.45) is 1.52. The Hall–Kier alpha value is -2.02. The van der Waals surface area contributed by atoms with Crippen molar-refractivity contribution in [1.29, 1.82) is 0 Å². The van der Waals surface area contributed by atoms with Crippen molar-refractivity contribution in [3.05, 3.63) is 84.4 Å². The molecule has 5 heteroatoms. The lowest BCUT2D eigenvalue weighted by atomic mass is 10.00. The lowest BCUT2D eigenvalue weighted by molar-refractivity contribution is -0.222. The van der Waals surface area contributed by atoms with Crippen molar-refractivity contribution < 1.29 is 18.9 Å². The van der Waals surface area contributed by atoms with Crippen LogP contribution in [0, 0.1) is 0 Å². The van der Waals surface area contributed by atoms with Crippen LogP contribution >= 0.6 is 0 Å². The predicted octanol–water partition coefficient (Wildman–Crippen LogP) is 4.18. The largest absolute Gasteiger partial charge is 0.368 e. The normalized spacial score (nSPS) is 28.2. The Morgan fingerprint density at radius 2 is 1.70 bits per heavy atom. The minimum Gasteiger partial charge on any atom is -0.368 e. The number of rotatable bonds is 9. The Balaban J connectivity index is 1.49. The average Bonchev–Trinajstić information content (AvgIpc) is 3.22. The maximum Gasteiger partial charge on any atom is 0.190 e. The molecule has 1 N–H and O–H groups in total. The molecule has 0 aliphatic carbocycles. The van der Waals surface area contributed by atoms with Gasteiger partial charge < -0.3 is 24.3 Å². The number of benzene rings is 2. The summed E-state index contributed by atoms with van der Waals surface area (Å²) < 4.78 is 24.9. The minimum absolute atomic E-state index is 0.0318. The number of fused-ring (bicyclic) bond motifs is 1. The molecule has 2 saturated heterocycles. The van der Waals surface area contributed by atoms with Gasteiger partial charge >= 0.3 is 0 Å². The van der Waals surface area contributed by atoms with E-state index in [1.807, 2.05) is 56.3 Å². The maximum absolute atomic E-state index is 6.38. The molecular weight excluding hydrogens is 378 g/mol. The van der Waals surface area contributed by atoms with Gasteiger partial charge in [0, 0.05) is 12.6 Å². The maximum atomic E-state index is 6.38. The minimum atomic E-state index is -0.680. The lowest BCUT2D eigenvalue weighted by Gasteiger charge is -2.31.